The summed E-state index contributed by atoms with van der Waals surface area (Å²) in [5, 5.41) is 0. The van der Waals surface area contributed by atoms with E-state index in [-0.39, 0.29) is 11.8 Å². The summed E-state index contributed by atoms with van der Waals surface area (Å²) in [5.74, 6) is -0.515. The standard InChI is InChI=1S/C9H11ClO3/c10-9(6-13)2-7(4-11)1-8(3-9)5-12/h4-8H,1-3H2. The molecule has 2 unspecified atom stereocenters. The molecular weight excluding hydrogens is 192 g/mol. The maximum atomic E-state index is 10.6. The van der Waals surface area contributed by atoms with E-state index in [1.807, 2.05) is 0 Å². The van der Waals surface area contributed by atoms with E-state index in [1.54, 1.807) is 0 Å². The van der Waals surface area contributed by atoms with Crippen molar-refractivity contribution in [2.75, 3.05) is 0 Å². The molecule has 72 valence electrons. The Labute approximate surface area is 81.4 Å². The van der Waals surface area contributed by atoms with Gasteiger partial charge in [0.05, 0.1) is 0 Å². The molecule has 1 aliphatic rings. The van der Waals surface area contributed by atoms with Crippen molar-refractivity contribution < 1.29 is 14.4 Å². The molecule has 0 N–H and O–H groups in total. The highest BCUT2D eigenvalue weighted by Gasteiger charge is 2.38. The lowest BCUT2D eigenvalue weighted by molar-refractivity contribution is -0.118. The van der Waals surface area contributed by atoms with Crippen LogP contribution in [0.5, 0.6) is 0 Å². The third kappa shape index (κ3) is 2.37. The Kier molecular flexibility index (Phi) is 3.20. The summed E-state index contributed by atoms with van der Waals surface area (Å²) in [5.41, 5.74) is 0. The molecule has 4 heteroatoms. The van der Waals surface area contributed by atoms with Crippen molar-refractivity contribution in [1.29, 1.82) is 0 Å². The van der Waals surface area contributed by atoms with Gasteiger partial charge in [-0.2, -0.15) is 0 Å². The lowest BCUT2D eigenvalue weighted by Gasteiger charge is -2.32. The van der Waals surface area contributed by atoms with E-state index in [2.05, 4.69) is 0 Å². The number of rotatable bonds is 3. The Balaban J connectivity index is 2.74. The van der Waals surface area contributed by atoms with Gasteiger partial charge in [0.1, 0.15) is 23.7 Å². The number of carbonyl (C=O) groups excluding carboxylic acids is 3. The highest BCUT2D eigenvalue weighted by Crippen LogP contribution is 2.37. The monoisotopic (exact) mass is 202 g/mol. The average Bonchev–Trinajstić information content (AvgIpc) is 2.17. The van der Waals surface area contributed by atoms with Gasteiger partial charge < -0.3 is 14.4 Å². The summed E-state index contributed by atoms with van der Waals surface area (Å²) in [7, 11) is 0. The molecule has 0 spiro atoms. The summed E-state index contributed by atoms with van der Waals surface area (Å²) in [6, 6.07) is 0. The zero-order valence-corrected chi connectivity index (χ0v) is 7.87. The van der Waals surface area contributed by atoms with E-state index in [0.29, 0.717) is 25.5 Å². The van der Waals surface area contributed by atoms with Crippen molar-refractivity contribution in [2.24, 2.45) is 11.8 Å². The average molecular weight is 203 g/mol. The molecule has 0 aromatic rings. The Hall–Kier alpha value is -0.700. The third-order valence-corrected chi connectivity index (χ3v) is 2.80. The van der Waals surface area contributed by atoms with Crippen molar-refractivity contribution in [3.63, 3.8) is 0 Å². The minimum Gasteiger partial charge on any atom is -0.303 e. The minimum atomic E-state index is -1.00. The Morgan fingerprint density at radius 3 is 1.85 bits per heavy atom. The van der Waals surface area contributed by atoms with Gasteiger partial charge in [-0.3, -0.25) is 0 Å². The van der Waals surface area contributed by atoms with Gasteiger partial charge in [0.15, 0.2) is 0 Å². The largest absolute Gasteiger partial charge is 0.303 e. The summed E-state index contributed by atoms with van der Waals surface area (Å²) in [6.45, 7) is 0. The molecule has 13 heavy (non-hydrogen) atoms. The van der Waals surface area contributed by atoms with Gasteiger partial charge in [-0.25, -0.2) is 0 Å². The highest BCUT2D eigenvalue weighted by molar-refractivity contribution is 6.31. The molecule has 0 aromatic carbocycles. The zero-order chi connectivity index (χ0) is 9.90. The zero-order valence-electron chi connectivity index (χ0n) is 7.11. The smallest absolute Gasteiger partial charge is 0.140 e. The maximum absolute atomic E-state index is 10.6. The van der Waals surface area contributed by atoms with Crippen LogP contribution in [0.4, 0.5) is 0 Å². The molecule has 0 amide bonds. The predicted octanol–water partition coefficient (Wildman–Crippen LogP) is 0.977. The molecule has 0 aliphatic heterocycles. The lowest BCUT2D eigenvalue weighted by atomic mass is 9.76. The molecule has 3 nitrogen and oxygen atoms in total. The molecule has 0 radical (unpaired) electrons. The first kappa shape index (κ1) is 10.4. The van der Waals surface area contributed by atoms with Crippen molar-refractivity contribution in [2.45, 2.75) is 24.1 Å². The first-order valence-corrected chi connectivity index (χ1v) is 4.57. The summed E-state index contributed by atoms with van der Waals surface area (Å²) < 4.78 is 0. The van der Waals surface area contributed by atoms with Gasteiger partial charge in [0.25, 0.3) is 0 Å². The Morgan fingerprint density at radius 1 is 1.08 bits per heavy atom. The van der Waals surface area contributed by atoms with Crippen LogP contribution >= 0.6 is 11.6 Å². The lowest BCUT2D eigenvalue weighted by Crippen LogP contribution is -2.36. The Morgan fingerprint density at radius 2 is 1.54 bits per heavy atom. The first-order valence-electron chi connectivity index (χ1n) is 4.19. The second-order valence-electron chi connectivity index (χ2n) is 3.59. The number of alkyl halides is 1. The second kappa shape index (κ2) is 4.01. The van der Waals surface area contributed by atoms with Crippen molar-refractivity contribution in [1.82, 2.24) is 0 Å². The molecule has 0 saturated heterocycles. The van der Waals surface area contributed by atoms with Crippen LogP contribution in [0.1, 0.15) is 19.3 Å². The second-order valence-corrected chi connectivity index (χ2v) is 4.34. The van der Waals surface area contributed by atoms with E-state index >= 15 is 0 Å². The van der Waals surface area contributed by atoms with Crippen LogP contribution in [0, 0.1) is 11.8 Å². The Bertz CT molecular complexity index is 211. The summed E-state index contributed by atoms with van der Waals surface area (Å²) in [6.07, 6.45) is 3.42. The maximum Gasteiger partial charge on any atom is 0.140 e. The van der Waals surface area contributed by atoms with Crippen molar-refractivity contribution >= 4 is 30.5 Å². The molecule has 0 bridgehead atoms. The molecular formula is C9H11ClO3. The fourth-order valence-electron chi connectivity index (χ4n) is 1.81. The number of halogens is 1. The van der Waals surface area contributed by atoms with E-state index in [4.69, 9.17) is 11.6 Å². The minimum absolute atomic E-state index is 0.258. The molecule has 1 rings (SSSR count). The van der Waals surface area contributed by atoms with Crippen LogP contribution in [-0.2, 0) is 14.4 Å². The molecule has 2 atom stereocenters. The van der Waals surface area contributed by atoms with Gasteiger partial charge in [-0.05, 0) is 19.3 Å². The van der Waals surface area contributed by atoms with E-state index in [0.717, 1.165) is 12.6 Å². The summed E-state index contributed by atoms with van der Waals surface area (Å²) >= 11 is 5.92. The van der Waals surface area contributed by atoms with Crippen LogP contribution in [0.3, 0.4) is 0 Å². The first-order chi connectivity index (χ1) is 6.13. The van der Waals surface area contributed by atoms with Gasteiger partial charge in [-0.1, -0.05) is 0 Å². The van der Waals surface area contributed by atoms with Crippen LogP contribution in [0.15, 0.2) is 0 Å². The summed E-state index contributed by atoms with van der Waals surface area (Å²) in [4.78, 5) is 30.7. The number of aldehydes is 3. The topological polar surface area (TPSA) is 51.2 Å². The van der Waals surface area contributed by atoms with Crippen LogP contribution in [0.2, 0.25) is 0 Å². The molecule has 0 aromatic heterocycles. The normalized spacial score (nSPS) is 39.5. The van der Waals surface area contributed by atoms with E-state index in [9.17, 15) is 14.4 Å². The van der Waals surface area contributed by atoms with E-state index in [1.165, 1.54) is 0 Å². The quantitative estimate of drug-likeness (QED) is 0.506. The van der Waals surface area contributed by atoms with Crippen LogP contribution in [-0.4, -0.2) is 23.7 Å². The van der Waals surface area contributed by atoms with Gasteiger partial charge >= 0.3 is 0 Å². The SMILES string of the molecule is O=CC1CC(C=O)CC(Cl)(C=O)C1. The van der Waals surface area contributed by atoms with Gasteiger partial charge in [0, 0.05) is 11.8 Å². The molecule has 1 fully saturated rings. The van der Waals surface area contributed by atoms with E-state index < -0.39 is 4.87 Å². The highest BCUT2D eigenvalue weighted by atomic mass is 35.5. The fourth-order valence-corrected chi connectivity index (χ4v) is 2.21. The third-order valence-electron chi connectivity index (χ3n) is 2.40. The molecule has 0 heterocycles. The fraction of sp³-hybridized carbons (Fsp3) is 0.667. The van der Waals surface area contributed by atoms with Gasteiger partial charge in [0.2, 0.25) is 0 Å². The van der Waals surface area contributed by atoms with Crippen LogP contribution < -0.4 is 0 Å². The van der Waals surface area contributed by atoms with Crippen molar-refractivity contribution in [3.05, 3.63) is 0 Å². The predicted molar refractivity (Wildman–Crippen MR) is 47.6 cm³/mol. The molecule has 1 aliphatic carbocycles. The number of hydrogen-bond acceptors (Lipinski definition) is 3. The number of carbonyl (C=O) groups is 3. The van der Waals surface area contributed by atoms with Gasteiger partial charge in [-0.15, -0.1) is 11.6 Å². The number of hydrogen-bond donors (Lipinski definition) is 0. The van der Waals surface area contributed by atoms with Crippen molar-refractivity contribution in [3.8, 4) is 0 Å². The molecule has 1 saturated carbocycles. The van der Waals surface area contributed by atoms with Crippen LogP contribution in [0.25, 0.3) is 0 Å².